The van der Waals surface area contributed by atoms with Crippen LogP contribution in [-0.2, 0) is 4.79 Å². The number of carbonyl (C=O) groups excluding carboxylic acids is 1. The highest BCUT2D eigenvalue weighted by Crippen LogP contribution is 2.17. The molecular weight excluding hydrogens is 296 g/mol. The number of hydrogen-bond acceptors (Lipinski definition) is 5. The van der Waals surface area contributed by atoms with Crippen molar-refractivity contribution in [2.75, 3.05) is 5.32 Å². The number of amides is 1. The second-order valence-corrected chi connectivity index (χ2v) is 5.05. The molecule has 23 heavy (non-hydrogen) atoms. The molecule has 1 unspecified atom stereocenters. The molecule has 3 aromatic rings. The third-order valence-corrected chi connectivity index (χ3v) is 3.18. The average molecular weight is 312 g/mol. The number of aryl methyl sites for hydroxylation is 1. The second-order valence-electron chi connectivity index (χ2n) is 5.05. The van der Waals surface area contributed by atoms with E-state index in [9.17, 15) is 4.79 Å². The van der Waals surface area contributed by atoms with Crippen LogP contribution in [0.5, 0.6) is 5.75 Å². The van der Waals surface area contributed by atoms with Crippen LogP contribution >= 0.6 is 0 Å². The lowest BCUT2D eigenvalue weighted by Crippen LogP contribution is -2.30. The summed E-state index contributed by atoms with van der Waals surface area (Å²) in [4.78, 5) is 16.3. The first-order valence-electron chi connectivity index (χ1n) is 7.12. The molecule has 7 nitrogen and oxygen atoms in total. The molecule has 3 rings (SSSR count). The Kier molecular flexibility index (Phi) is 4.09. The third-order valence-electron chi connectivity index (χ3n) is 3.18. The fourth-order valence-corrected chi connectivity index (χ4v) is 1.93. The highest BCUT2D eigenvalue weighted by Gasteiger charge is 2.17. The predicted octanol–water partition coefficient (Wildman–Crippen LogP) is 2.78. The van der Waals surface area contributed by atoms with Gasteiger partial charge in [0.15, 0.2) is 17.7 Å². The largest absolute Gasteiger partial charge is 0.481 e. The van der Waals surface area contributed by atoms with Gasteiger partial charge in [0.05, 0.1) is 6.26 Å². The van der Waals surface area contributed by atoms with Gasteiger partial charge < -0.3 is 9.15 Å². The van der Waals surface area contributed by atoms with E-state index >= 15 is 0 Å². The van der Waals surface area contributed by atoms with Gasteiger partial charge in [0.1, 0.15) is 5.75 Å². The van der Waals surface area contributed by atoms with Crippen molar-refractivity contribution in [2.24, 2.45) is 0 Å². The Balaban J connectivity index is 1.61. The van der Waals surface area contributed by atoms with E-state index in [1.807, 2.05) is 31.2 Å². The number of nitrogens with zero attached hydrogens (tertiary/aromatic N) is 2. The summed E-state index contributed by atoms with van der Waals surface area (Å²) < 4.78 is 10.8. The molecule has 0 aliphatic carbocycles. The van der Waals surface area contributed by atoms with Gasteiger partial charge in [-0.15, -0.1) is 5.10 Å². The van der Waals surface area contributed by atoms with Gasteiger partial charge in [0.2, 0.25) is 5.95 Å². The van der Waals surface area contributed by atoms with Crippen molar-refractivity contribution in [3.8, 4) is 17.3 Å². The van der Waals surface area contributed by atoms with Crippen LogP contribution in [0.1, 0.15) is 12.5 Å². The molecule has 0 saturated carbocycles. The van der Waals surface area contributed by atoms with Crippen molar-refractivity contribution in [2.45, 2.75) is 20.0 Å². The zero-order valence-corrected chi connectivity index (χ0v) is 12.7. The van der Waals surface area contributed by atoms with Crippen LogP contribution in [0.4, 0.5) is 5.95 Å². The quantitative estimate of drug-likeness (QED) is 0.755. The molecule has 0 aliphatic heterocycles. The third kappa shape index (κ3) is 3.57. The maximum atomic E-state index is 12.1. The molecule has 7 heteroatoms. The van der Waals surface area contributed by atoms with E-state index in [0.29, 0.717) is 17.3 Å². The van der Waals surface area contributed by atoms with E-state index in [-0.39, 0.29) is 11.9 Å². The minimum absolute atomic E-state index is 0.167. The van der Waals surface area contributed by atoms with Crippen molar-refractivity contribution in [3.05, 3.63) is 48.2 Å². The summed E-state index contributed by atoms with van der Waals surface area (Å²) in [5.74, 6) is 1.44. The Morgan fingerprint density at radius 3 is 2.78 bits per heavy atom. The number of aromatic amines is 1. The number of nitrogens with one attached hydrogen (secondary N) is 2. The Bertz CT molecular complexity index is 778. The van der Waals surface area contributed by atoms with Crippen LogP contribution in [-0.4, -0.2) is 27.2 Å². The van der Waals surface area contributed by atoms with E-state index in [0.717, 1.165) is 5.56 Å². The topological polar surface area (TPSA) is 93.0 Å². The number of carbonyl (C=O) groups is 1. The van der Waals surface area contributed by atoms with Crippen molar-refractivity contribution < 1.29 is 13.9 Å². The molecule has 0 radical (unpaired) electrons. The molecule has 1 amide bonds. The van der Waals surface area contributed by atoms with Gasteiger partial charge in [-0.3, -0.25) is 15.2 Å². The van der Waals surface area contributed by atoms with Crippen molar-refractivity contribution in [1.29, 1.82) is 0 Å². The summed E-state index contributed by atoms with van der Waals surface area (Å²) in [6.07, 6.45) is 0.858. The standard InChI is InChI=1S/C16H16N4O3/c1-10-5-7-12(8-6-10)23-11(2)15(21)18-16-17-14(19-20-16)13-4-3-9-22-13/h3-9,11H,1-2H3,(H2,17,18,19,20,21). The van der Waals surface area contributed by atoms with E-state index in [2.05, 4.69) is 20.5 Å². The maximum absolute atomic E-state index is 12.1. The van der Waals surface area contributed by atoms with E-state index < -0.39 is 6.10 Å². The molecule has 118 valence electrons. The number of hydrogen-bond donors (Lipinski definition) is 2. The number of benzene rings is 1. The fraction of sp³-hybridized carbons (Fsp3) is 0.188. The van der Waals surface area contributed by atoms with Crippen LogP contribution in [0.3, 0.4) is 0 Å². The molecule has 2 aromatic heterocycles. The van der Waals surface area contributed by atoms with Gasteiger partial charge >= 0.3 is 0 Å². The van der Waals surface area contributed by atoms with Crippen LogP contribution < -0.4 is 10.1 Å². The first-order chi connectivity index (χ1) is 11.1. The zero-order valence-electron chi connectivity index (χ0n) is 12.7. The zero-order chi connectivity index (χ0) is 16.2. The molecule has 2 heterocycles. The van der Waals surface area contributed by atoms with Crippen LogP contribution in [0.2, 0.25) is 0 Å². The fourth-order valence-electron chi connectivity index (χ4n) is 1.93. The summed E-state index contributed by atoms with van der Waals surface area (Å²) in [5, 5.41) is 9.22. The van der Waals surface area contributed by atoms with Gasteiger partial charge in [0.25, 0.3) is 5.91 Å². The highest BCUT2D eigenvalue weighted by atomic mass is 16.5. The van der Waals surface area contributed by atoms with Crippen molar-refractivity contribution in [1.82, 2.24) is 15.2 Å². The van der Waals surface area contributed by atoms with Crippen molar-refractivity contribution in [3.63, 3.8) is 0 Å². The first-order valence-corrected chi connectivity index (χ1v) is 7.12. The van der Waals surface area contributed by atoms with E-state index in [1.165, 1.54) is 6.26 Å². The molecule has 1 atom stereocenters. The Hall–Kier alpha value is -3.09. The van der Waals surface area contributed by atoms with Crippen LogP contribution in [0.15, 0.2) is 47.1 Å². The molecule has 0 aliphatic rings. The summed E-state index contributed by atoms with van der Waals surface area (Å²) in [6.45, 7) is 3.65. The molecule has 2 N–H and O–H groups in total. The van der Waals surface area contributed by atoms with Gasteiger partial charge in [-0.25, -0.2) is 0 Å². The summed E-state index contributed by atoms with van der Waals surface area (Å²) in [6, 6.07) is 11.0. The molecular formula is C16H16N4O3. The molecule has 0 fully saturated rings. The SMILES string of the molecule is Cc1ccc(OC(C)C(=O)Nc2n[nH]c(-c3ccco3)n2)cc1. The maximum Gasteiger partial charge on any atom is 0.267 e. The summed E-state index contributed by atoms with van der Waals surface area (Å²) in [5.41, 5.74) is 1.13. The van der Waals surface area contributed by atoms with Crippen molar-refractivity contribution >= 4 is 11.9 Å². The van der Waals surface area contributed by atoms with Gasteiger partial charge in [-0.2, -0.15) is 4.98 Å². The minimum Gasteiger partial charge on any atom is -0.481 e. The Labute approximate surface area is 132 Å². The number of furan rings is 1. The number of ether oxygens (including phenoxy) is 1. The number of H-pyrrole nitrogens is 1. The van der Waals surface area contributed by atoms with Crippen LogP contribution in [0.25, 0.3) is 11.6 Å². The molecule has 0 spiro atoms. The first kappa shape index (κ1) is 14.8. The number of rotatable bonds is 5. The minimum atomic E-state index is -0.678. The lowest BCUT2D eigenvalue weighted by molar-refractivity contribution is -0.122. The van der Waals surface area contributed by atoms with Crippen LogP contribution in [0, 0.1) is 6.92 Å². The van der Waals surface area contributed by atoms with Gasteiger partial charge in [-0.05, 0) is 38.1 Å². The van der Waals surface area contributed by atoms with Gasteiger partial charge in [-0.1, -0.05) is 17.7 Å². The summed E-state index contributed by atoms with van der Waals surface area (Å²) in [7, 11) is 0. The lowest BCUT2D eigenvalue weighted by atomic mass is 10.2. The number of anilines is 1. The Morgan fingerprint density at radius 2 is 2.09 bits per heavy atom. The number of aromatic nitrogens is 3. The molecule has 0 saturated heterocycles. The summed E-state index contributed by atoms with van der Waals surface area (Å²) >= 11 is 0. The highest BCUT2D eigenvalue weighted by molar-refractivity contribution is 5.92. The smallest absolute Gasteiger partial charge is 0.267 e. The van der Waals surface area contributed by atoms with Gasteiger partial charge in [0, 0.05) is 0 Å². The monoisotopic (exact) mass is 312 g/mol. The molecule has 1 aromatic carbocycles. The normalized spacial score (nSPS) is 11.9. The van der Waals surface area contributed by atoms with E-state index in [1.54, 1.807) is 19.1 Å². The predicted molar refractivity (Wildman–Crippen MR) is 84.0 cm³/mol. The second kappa shape index (κ2) is 6.35. The lowest BCUT2D eigenvalue weighted by Gasteiger charge is -2.13. The average Bonchev–Trinajstić information content (AvgIpc) is 3.20. The Morgan fingerprint density at radius 1 is 1.30 bits per heavy atom. The molecule has 0 bridgehead atoms. The van der Waals surface area contributed by atoms with E-state index in [4.69, 9.17) is 9.15 Å².